The van der Waals surface area contributed by atoms with Gasteiger partial charge in [-0.3, -0.25) is 14.4 Å². The average molecular weight is 523 g/mol. The zero-order chi connectivity index (χ0) is 25.8. The summed E-state index contributed by atoms with van der Waals surface area (Å²) in [6, 6.07) is 20.2. The van der Waals surface area contributed by atoms with Crippen molar-refractivity contribution in [3.8, 4) is 0 Å². The van der Waals surface area contributed by atoms with E-state index >= 15 is 0 Å². The molecule has 1 heterocycles. The number of nitrogens with one attached hydrogen (secondary N) is 2. The van der Waals surface area contributed by atoms with Crippen molar-refractivity contribution in [3.63, 3.8) is 0 Å². The van der Waals surface area contributed by atoms with Crippen molar-refractivity contribution in [3.05, 3.63) is 72.3 Å². The van der Waals surface area contributed by atoms with Gasteiger partial charge < -0.3 is 20.4 Å². The summed E-state index contributed by atoms with van der Waals surface area (Å²) in [4.78, 5) is 43.6. The number of hydrogen-bond donors (Lipinski definition) is 2. The summed E-state index contributed by atoms with van der Waals surface area (Å²) in [6.45, 7) is 6.12. The normalized spacial score (nSPS) is 16.1. The van der Waals surface area contributed by atoms with Crippen molar-refractivity contribution in [2.45, 2.75) is 45.8 Å². The Bertz CT molecular complexity index is 1270. The van der Waals surface area contributed by atoms with E-state index in [4.69, 9.17) is 0 Å². The number of amides is 3. The summed E-state index contributed by atoms with van der Waals surface area (Å²) in [6.07, 6.45) is 0.347. The molecule has 7 nitrogen and oxygen atoms in total. The van der Waals surface area contributed by atoms with Crippen LogP contribution in [-0.2, 0) is 20.9 Å². The van der Waals surface area contributed by atoms with Crippen molar-refractivity contribution < 1.29 is 14.4 Å². The van der Waals surface area contributed by atoms with Crippen molar-refractivity contribution in [1.82, 2.24) is 10.6 Å². The lowest BCUT2D eigenvalue weighted by molar-refractivity contribution is -0.128. The van der Waals surface area contributed by atoms with Crippen molar-refractivity contribution in [1.29, 1.82) is 0 Å². The van der Waals surface area contributed by atoms with E-state index in [1.54, 1.807) is 23.8 Å². The molecule has 196 valence electrons. The SMILES string of the molecule is CN[C@@H](C)C(=O)N[C@H]1CN(C(=O)CC(C)C)c2ccccc2N(Cc2cccc3ccccc23)C1=O.Cl. The maximum atomic E-state index is 14.0. The molecule has 3 aromatic carbocycles. The largest absolute Gasteiger partial charge is 0.341 e. The molecule has 0 fully saturated rings. The Morgan fingerprint density at radius 1 is 0.946 bits per heavy atom. The number of carbonyl (C=O) groups excluding carboxylic acids is 3. The first-order valence-corrected chi connectivity index (χ1v) is 12.4. The topological polar surface area (TPSA) is 81.8 Å². The minimum absolute atomic E-state index is 0. The molecule has 3 aromatic rings. The highest BCUT2D eigenvalue weighted by Gasteiger charge is 2.37. The second-order valence-corrected chi connectivity index (χ2v) is 9.73. The first-order valence-electron chi connectivity index (χ1n) is 12.4. The number of hydrogen-bond acceptors (Lipinski definition) is 4. The van der Waals surface area contributed by atoms with E-state index in [-0.39, 0.29) is 42.6 Å². The van der Waals surface area contributed by atoms with Gasteiger partial charge in [0.1, 0.15) is 6.04 Å². The Morgan fingerprint density at radius 3 is 2.30 bits per heavy atom. The number of anilines is 2. The molecule has 37 heavy (non-hydrogen) atoms. The standard InChI is InChI=1S/C29H34N4O3.ClH/c1-19(2)16-27(34)32-18-24(31-28(35)20(3)30-4)29(36)33(26-15-8-7-14-25(26)32)17-22-12-9-11-21-10-5-6-13-23(21)22;/h5-15,19-20,24,30H,16-18H2,1-4H3,(H,31,35);1H/t20-,24-;/m0./s1. The van der Waals surface area contributed by atoms with E-state index in [0.29, 0.717) is 24.3 Å². The second-order valence-electron chi connectivity index (χ2n) is 9.73. The highest BCUT2D eigenvalue weighted by molar-refractivity contribution is 6.08. The minimum atomic E-state index is -0.883. The summed E-state index contributed by atoms with van der Waals surface area (Å²) in [5.41, 5.74) is 2.33. The fourth-order valence-electron chi connectivity index (χ4n) is 4.58. The third kappa shape index (κ3) is 6.12. The zero-order valence-electron chi connectivity index (χ0n) is 21.7. The van der Waals surface area contributed by atoms with Crippen molar-refractivity contribution in [2.24, 2.45) is 5.92 Å². The maximum Gasteiger partial charge on any atom is 0.251 e. The minimum Gasteiger partial charge on any atom is -0.341 e. The number of nitrogens with zero attached hydrogens (tertiary/aromatic N) is 2. The summed E-state index contributed by atoms with van der Waals surface area (Å²) in [5.74, 6) is -0.444. The van der Waals surface area contributed by atoms with Crippen LogP contribution >= 0.6 is 12.4 Å². The van der Waals surface area contributed by atoms with Crippen LogP contribution in [0.4, 0.5) is 11.4 Å². The van der Waals surface area contributed by atoms with Gasteiger partial charge in [-0.15, -0.1) is 12.4 Å². The Labute approximate surface area is 224 Å². The van der Waals surface area contributed by atoms with Crippen LogP contribution < -0.4 is 20.4 Å². The van der Waals surface area contributed by atoms with Crippen LogP contribution in [0.2, 0.25) is 0 Å². The molecule has 2 atom stereocenters. The Kier molecular flexibility index (Phi) is 9.29. The molecule has 0 unspecified atom stereocenters. The molecule has 0 saturated heterocycles. The molecule has 0 bridgehead atoms. The smallest absolute Gasteiger partial charge is 0.251 e. The number of halogens is 1. The molecule has 0 radical (unpaired) electrons. The van der Waals surface area contributed by atoms with Gasteiger partial charge in [-0.2, -0.15) is 0 Å². The van der Waals surface area contributed by atoms with Crippen LogP contribution in [-0.4, -0.2) is 43.4 Å². The van der Waals surface area contributed by atoms with Gasteiger partial charge in [-0.25, -0.2) is 0 Å². The van der Waals surface area contributed by atoms with Gasteiger partial charge in [0.05, 0.1) is 30.5 Å². The predicted octanol–water partition coefficient (Wildman–Crippen LogP) is 4.28. The van der Waals surface area contributed by atoms with Crippen molar-refractivity contribution in [2.75, 3.05) is 23.4 Å². The van der Waals surface area contributed by atoms with E-state index in [1.165, 1.54) is 0 Å². The van der Waals surface area contributed by atoms with E-state index in [9.17, 15) is 14.4 Å². The summed E-state index contributed by atoms with van der Waals surface area (Å²) >= 11 is 0. The number of para-hydroxylation sites is 2. The summed E-state index contributed by atoms with van der Waals surface area (Å²) < 4.78 is 0. The molecule has 4 rings (SSSR count). The Hall–Kier alpha value is -3.42. The van der Waals surface area contributed by atoms with E-state index in [1.807, 2.05) is 80.6 Å². The summed E-state index contributed by atoms with van der Waals surface area (Å²) in [7, 11) is 1.69. The number of carbonyl (C=O) groups is 3. The fraction of sp³-hybridized carbons (Fsp3) is 0.345. The molecule has 0 aliphatic carbocycles. The van der Waals surface area contributed by atoms with E-state index in [0.717, 1.165) is 16.3 Å². The fourth-order valence-corrected chi connectivity index (χ4v) is 4.58. The van der Waals surface area contributed by atoms with Crippen LogP contribution in [0.1, 0.15) is 32.8 Å². The van der Waals surface area contributed by atoms with Gasteiger partial charge in [0.25, 0.3) is 5.91 Å². The number of rotatable bonds is 7. The van der Waals surface area contributed by atoms with Gasteiger partial charge in [0, 0.05) is 6.42 Å². The lowest BCUT2D eigenvalue weighted by Crippen LogP contribution is -2.55. The number of fused-ring (bicyclic) bond motifs is 2. The molecule has 1 aliphatic heterocycles. The van der Waals surface area contributed by atoms with Crippen LogP contribution in [0, 0.1) is 5.92 Å². The first-order chi connectivity index (χ1) is 17.3. The molecule has 2 N–H and O–H groups in total. The van der Waals surface area contributed by atoms with Crippen LogP contribution in [0.3, 0.4) is 0 Å². The van der Waals surface area contributed by atoms with Gasteiger partial charge in [0.2, 0.25) is 11.8 Å². The molecule has 0 saturated carbocycles. The van der Waals surface area contributed by atoms with Gasteiger partial charge in [-0.1, -0.05) is 68.4 Å². The average Bonchev–Trinajstić information content (AvgIpc) is 2.98. The number of benzene rings is 3. The Morgan fingerprint density at radius 2 is 1.59 bits per heavy atom. The zero-order valence-corrected chi connectivity index (χ0v) is 22.5. The van der Waals surface area contributed by atoms with Crippen LogP contribution in [0.25, 0.3) is 10.8 Å². The highest BCUT2D eigenvalue weighted by Crippen LogP contribution is 2.35. The monoisotopic (exact) mass is 522 g/mol. The number of likely N-dealkylation sites (N-methyl/N-ethyl adjacent to an activating group) is 1. The second kappa shape index (κ2) is 12.2. The van der Waals surface area contributed by atoms with Gasteiger partial charge in [0.15, 0.2) is 0 Å². The van der Waals surface area contributed by atoms with E-state index in [2.05, 4.69) is 10.6 Å². The molecule has 1 aliphatic rings. The lowest BCUT2D eigenvalue weighted by Gasteiger charge is -2.26. The first kappa shape index (κ1) is 28.2. The molecule has 8 heteroatoms. The third-order valence-electron chi connectivity index (χ3n) is 6.63. The van der Waals surface area contributed by atoms with Gasteiger partial charge >= 0.3 is 0 Å². The Balaban J connectivity index is 0.00000380. The quantitative estimate of drug-likeness (QED) is 0.485. The molecular formula is C29H35ClN4O3. The third-order valence-corrected chi connectivity index (χ3v) is 6.63. The maximum absolute atomic E-state index is 14.0. The molecular weight excluding hydrogens is 488 g/mol. The predicted molar refractivity (Wildman–Crippen MR) is 151 cm³/mol. The lowest BCUT2D eigenvalue weighted by atomic mass is 10.0. The van der Waals surface area contributed by atoms with Crippen LogP contribution in [0.15, 0.2) is 66.7 Å². The highest BCUT2D eigenvalue weighted by atomic mass is 35.5. The van der Waals surface area contributed by atoms with Crippen molar-refractivity contribution >= 4 is 52.3 Å². The van der Waals surface area contributed by atoms with Gasteiger partial charge in [-0.05, 0) is 48.4 Å². The van der Waals surface area contributed by atoms with E-state index < -0.39 is 12.1 Å². The molecule has 0 aromatic heterocycles. The molecule has 3 amide bonds. The van der Waals surface area contributed by atoms with Crippen LogP contribution in [0.5, 0.6) is 0 Å². The summed E-state index contributed by atoms with van der Waals surface area (Å²) in [5, 5.41) is 7.97. The molecule has 0 spiro atoms.